The third kappa shape index (κ3) is 3.87. The predicted molar refractivity (Wildman–Crippen MR) is 71.6 cm³/mol. The van der Waals surface area contributed by atoms with Crippen molar-refractivity contribution in [2.24, 2.45) is 0 Å². The minimum atomic E-state index is -1.04. The van der Waals surface area contributed by atoms with Crippen LogP contribution in [0.4, 0.5) is 10.5 Å². The van der Waals surface area contributed by atoms with E-state index in [9.17, 15) is 9.59 Å². The van der Waals surface area contributed by atoms with Crippen LogP contribution in [0.2, 0.25) is 0 Å². The average molecular weight is 266 g/mol. The Hall–Kier alpha value is -2.24. The van der Waals surface area contributed by atoms with E-state index in [1.165, 1.54) is 4.90 Å². The van der Waals surface area contributed by atoms with Gasteiger partial charge in [0, 0.05) is 12.7 Å². The fourth-order valence-corrected chi connectivity index (χ4v) is 1.51. The van der Waals surface area contributed by atoms with Crippen molar-refractivity contribution in [2.45, 2.75) is 19.4 Å². The third-order valence-corrected chi connectivity index (χ3v) is 2.77. The summed E-state index contributed by atoms with van der Waals surface area (Å²) in [7, 11) is 3.13. The molecule has 0 bridgehead atoms. The van der Waals surface area contributed by atoms with Crippen LogP contribution in [0.1, 0.15) is 13.3 Å². The van der Waals surface area contributed by atoms with Crippen molar-refractivity contribution in [1.29, 1.82) is 0 Å². The summed E-state index contributed by atoms with van der Waals surface area (Å²) in [5, 5.41) is 11.3. The molecule has 1 atom stereocenters. The van der Waals surface area contributed by atoms with Gasteiger partial charge in [0.05, 0.1) is 7.11 Å². The zero-order valence-electron chi connectivity index (χ0n) is 11.2. The first kappa shape index (κ1) is 14.8. The highest BCUT2D eigenvalue weighted by atomic mass is 16.5. The number of hydrogen-bond donors (Lipinski definition) is 2. The predicted octanol–water partition coefficient (Wildman–Crippen LogP) is 1.70. The van der Waals surface area contributed by atoms with Crippen LogP contribution in [0.15, 0.2) is 24.3 Å². The molecule has 0 saturated carbocycles. The van der Waals surface area contributed by atoms with E-state index in [2.05, 4.69) is 5.32 Å². The number of nitrogens with one attached hydrogen (secondary N) is 1. The van der Waals surface area contributed by atoms with Gasteiger partial charge in [0.25, 0.3) is 0 Å². The fourth-order valence-electron chi connectivity index (χ4n) is 1.51. The van der Waals surface area contributed by atoms with E-state index in [0.29, 0.717) is 17.9 Å². The maximum absolute atomic E-state index is 11.9. The number of anilines is 1. The Bertz CT molecular complexity index is 444. The lowest BCUT2D eigenvalue weighted by Crippen LogP contribution is -2.46. The first-order valence-electron chi connectivity index (χ1n) is 5.90. The Kier molecular flexibility index (Phi) is 5.17. The molecule has 1 unspecified atom stereocenters. The van der Waals surface area contributed by atoms with E-state index in [1.807, 2.05) is 0 Å². The molecule has 19 heavy (non-hydrogen) atoms. The molecule has 0 fully saturated rings. The second kappa shape index (κ2) is 6.63. The molecule has 2 N–H and O–H groups in total. The van der Waals surface area contributed by atoms with E-state index in [1.54, 1.807) is 45.3 Å². The molecule has 2 amide bonds. The van der Waals surface area contributed by atoms with E-state index in [4.69, 9.17) is 9.84 Å². The fraction of sp³-hybridized carbons (Fsp3) is 0.385. The first-order valence-corrected chi connectivity index (χ1v) is 5.90. The lowest BCUT2D eigenvalue weighted by atomic mass is 10.2. The van der Waals surface area contributed by atoms with Crippen LogP contribution >= 0.6 is 0 Å². The maximum atomic E-state index is 11.9. The Morgan fingerprint density at radius 3 is 2.37 bits per heavy atom. The van der Waals surface area contributed by atoms with Gasteiger partial charge in [0.15, 0.2) is 0 Å². The molecular formula is C13H18N2O4. The summed E-state index contributed by atoms with van der Waals surface area (Å²) in [5.74, 6) is -0.353. The second-order valence-electron chi connectivity index (χ2n) is 4.01. The summed E-state index contributed by atoms with van der Waals surface area (Å²) in [6.07, 6.45) is 0.331. The van der Waals surface area contributed by atoms with Gasteiger partial charge in [-0.15, -0.1) is 0 Å². The van der Waals surface area contributed by atoms with Crippen LogP contribution in [-0.2, 0) is 4.79 Å². The van der Waals surface area contributed by atoms with E-state index in [-0.39, 0.29) is 0 Å². The molecule has 0 saturated heterocycles. The number of methoxy groups -OCH3 is 1. The molecule has 6 heteroatoms. The molecule has 0 aromatic heterocycles. The average Bonchev–Trinajstić information content (AvgIpc) is 2.43. The van der Waals surface area contributed by atoms with Crippen LogP contribution < -0.4 is 15.0 Å². The Morgan fingerprint density at radius 1 is 1.37 bits per heavy atom. The number of aliphatic carboxylic acids is 1. The van der Waals surface area contributed by atoms with Crippen LogP contribution in [0.5, 0.6) is 5.75 Å². The molecule has 0 aliphatic carbocycles. The number of ether oxygens (including phenoxy) is 1. The normalized spacial score (nSPS) is 11.5. The van der Waals surface area contributed by atoms with Gasteiger partial charge < -0.3 is 15.2 Å². The molecule has 1 aromatic carbocycles. The minimum Gasteiger partial charge on any atom is -0.497 e. The van der Waals surface area contributed by atoms with Gasteiger partial charge in [-0.2, -0.15) is 0 Å². The van der Waals surface area contributed by atoms with Gasteiger partial charge in [-0.25, -0.2) is 9.59 Å². The lowest BCUT2D eigenvalue weighted by molar-refractivity contribution is -0.139. The smallest absolute Gasteiger partial charge is 0.326 e. The number of carbonyl (C=O) groups excluding carboxylic acids is 1. The molecule has 0 radical (unpaired) electrons. The summed E-state index contributed by atoms with van der Waals surface area (Å²) < 4.78 is 5.03. The number of amides is 2. The van der Waals surface area contributed by atoms with Gasteiger partial charge in [0.2, 0.25) is 0 Å². The molecule has 6 nitrogen and oxygen atoms in total. The van der Waals surface area contributed by atoms with Gasteiger partial charge in [-0.3, -0.25) is 4.90 Å². The summed E-state index contributed by atoms with van der Waals surface area (Å²) in [5.41, 5.74) is 0.651. The van der Waals surface area contributed by atoms with Crippen molar-refractivity contribution in [3.8, 4) is 5.75 Å². The number of hydrogen-bond acceptors (Lipinski definition) is 3. The van der Waals surface area contributed by atoms with Crippen LogP contribution in [0, 0.1) is 0 Å². The van der Waals surface area contributed by atoms with E-state index in [0.717, 1.165) is 0 Å². The molecular weight excluding hydrogens is 248 g/mol. The Balaban J connectivity index is 2.72. The number of rotatable bonds is 5. The van der Waals surface area contributed by atoms with Gasteiger partial charge in [0.1, 0.15) is 11.8 Å². The number of benzene rings is 1. The number of carboxylic acid groups (broad SMARTS) is 1. The van der Waals surface area contributed by atoms with Crippen molar-refractivity contribution in [3.63, 3.8) is 0 Å². The highest BCUT2D eigenvalue weighted by molar-refractivity contribution is 5.94. The van der Waals surface area contributed by atoms with E-state index < -0.39 is 18.0 Å². The molecule has 0 spiro atoms. The second-order valence-corrected chi connectivity index (χ2v) is 4.01. The zero-order chi connectivity index (χ0) is 14.4. The summed E-state index contributed by atoms with van der Waals surface area (Å²) in [6, 6.07) is 5.56. The standard InChI is InChI=1S/C13H18N2O4/c1-4-11(12(16)17)14-13(18)15(2)9-5-7-10(19-3)8-6-9/h5-8,11H,4H2,1-3H3,(H,14,18)(H,16,17). The third-order valence-electron chi connectivity index (χ3n) is 2.77. The van der Waals surface area contributed by atoms with Gasteiger partial charge in [-0.05, 0) is 30.7 Å². The number of carbonyl (C=O) groups is 2. The van der Waals surface area contributed by atoms with Gasteiger partial charge in [-0.1, -0.05) is 6.92 Å². The summed E-state index contributed by atoms with van der Waals surface area (Å²) in [6.45, 7) is 1.70. The van der Waals surface area contributed by atoms with Crippen molar-refractivity contribution < 1.29 is 19.4 Å². The summed E-state index contributed by atoms with van der Waals surface area (Å²) in [4.78, 5) is 24.1. The van der Waals surface area contributed by atoms with E-state index >= 15 is 0 Å². The zero-order valence-corrected chi connectivity index (χ0v) is 11.2. The quantitative estimate of drug-likeness (QED) is 0.850. The van der Waals surface area contributed by atoms with Crippen molar-refractivity contribution in [2.75, 3.05) is 19.1 Å². The highest BCUT2D eigenvalue weighted by Crippen LogP contribution is 2.18. The minimum absolute atomic E-state index is 0.331. The Labute approximate surface area is 112 Å². The highest BCUT2D eigenvalue weighted by Gasteiger charge is 2.20. The van der Waals surface area contributed by atoms with Crippen LogP contribution in [0.25, 0.3) is 0 Å². The largest absolute Gasteiger partial charge is 0.497 e. The topological polar surface area (TPSA) is 78.9 Å². The molecule has 0 aliphatic rings. The lowest BCUT2D eigenvalue weighted by Gasteiger charge is -2.21. The van der Waals surface area contributed by atoms with Crippen molar-refractivity contribution >= 4 is 17.7 Å². The van der Waals surface area contributed by atoms with Crippen molar-refractivity contribution in [3.05, 3.63) is 24.3 Å². The monoisotopic (exact) mass is 266 g/mol. The maximum Gasteiger partial charge on any atom is 0.326 e. The first-order chi connectivity index (χ1) is 8.99. The summed E-state index contributed by atoms with van der Waals surface area (Å²) >= 11 is 0. The SMILES string of the molecule is CCC(NC(=O)N(C)c1ccc(OC)cc1)C(=O)O. The van der Waals surface area contributed by atoms with Crippen LogP contribution in [0.3, 0.4) is 0 Å². The number of urea groups is 1. The number of carboxylic acids is 1. The molecule has 104 valence electrons. The van der Waals surface area contributed by atoms with Gasteiger partial charge >= 0.3 is 12.0 Å². The van der Waals surface area contributed by atoms with Crippen molar-refractivity contribution in [1.82, 2.24) is 5.32 Å². The molecule has 0 aliphatic heterocycles. The Morgan fingerprint density at radius 2 is 1.95 bits per heavy atom. The molecule has 1 rings (SSSR count). The number of nitrogens with zero attached hydrogens (tertiary/aromatic N) is 1. The molecule has 1 aromatic rings. The van der Waals surface area contributed by atoms with Crippen LogP contribution in [-0.4, -0.2) is 37.3 Å². The molecule has 0 heterocycles.